The van der Waals surface area contributed by atoms with Gasteiger partial charge in [-0.15, -0.1) is 0 Å². The van der Waals surface area contributed by atoms with Gasteiger partial charge in [-0.05, 0) is 23.8 Å². The molecule has 108 valence electrons. The van der Waals surface area contributed by atoms with E-state index in [0.29, 0.717) is 5.56 Å². The summed E-state index contributed by atoms with van der Waals surface area (Å²) in [7, 11) is 1.22. The highest BCUT2D eigenvalue weighted by Crippen LogP contribution is 2.25. The van der Waals surface area contributed by atoms with Crippen LogP contribution in [0.5, 0.6) is 11.5 Å². The maximum Gasteiger partial charge on any atom is 0.329 e. The first-order valence-corrected chi connectivity index (χ1v) is 6.30. The van der Waals surface area contributed by atoms with E-state index in [1.54, 1.807) is 0 Å². The van der Waals surface area contributed by atoms with Crippen LogP contribution in [0.25, 0.3) is 6.08 Å². The molecule has 3 N–H and O–H groups in total. The summed E-state index contributed by atoms with van der Waals surface area (Å²) in [5.74, 6) is -1.49. The van der Waals surface area contributed by atoms with Crippen molar-refractivity contribution < 1.29 is 24.5 Å². The van der Waals surface area contributed by atoms with Crippen LogP contribution in [0.2, 0.25) is 0 Å². The maximum absolute atomic E-state index is 11.6. The zero-order valence-corrected chi connectivity index (χ0v) is 11.6. The quantitative estimate of drug-likeness (QED) is 0.278. The second-order valence-corrected chi connectivity index (χ2v) is 4.21. The molecule has 1 aromatic rings. The van der Waals surface area contributed by atoms with Crippen molar-refractivity contribution >= 4 is 30.6 Å². The smallest absolute Gasteiger partial charge is 0.329 e. The highest BCUT2D eigenvalue weighted by Gasteiger charge is 2.18. The van der Waals surface area contributed by atoms with Gasteiger partial charge < -0.3 is 20.3 Å². The lowest BCUT2D eigenvalue weighted by Gasteiger charge is -2.12. The van der Waals surface area contributed by atoms with Gasteiger partial charge in [-0.3, -0.25) is 4.79 Å². The van der Waals surface area contributed by atoms with E-state index in [4.69, 9.17) is 5.11 Å². The molecule has 6 nitrogen and oxygen atoms in total. The number of rotatable bonds is 5. The number of phenolic OH excluding ortho intramolecular Hbond substituents is 2. The van der Waals surface area contributed by atoms with Crippen LogP contribution in [0.1, 0.15) is 5.56 Å². The average molecular weight is 297 g/mol. The van der Waals surface area contributed by atoms with Gasteiger partial charge in [0.2, 0.25) is 5.91 Å². The number of amides is 1. The zero-order valence-electron chi connectivity index (χ0n) is 10.7. The molecule has 0 radical (unpaired) electrons. The van der Waals surface area contributed by atoms with Gasteiger partial charge in [0, 0.05) is 11.8 Å². The Morgan fingerprint density at radius 3 is 2.65 bits per heavy atom. The molecule has 20 heavy (non-hydrogen) atoms. The summed E-state index contributed by atoms with van der Waals surface area (Å²) in [5.41, 5.74) is 0.524. The van der Waals surface area contributed by atoms with Crippen LogP contribution < -0.4 is 5.32 Å². The number of carbonyl (C=O) groups is 2. The fourth-order valence-corrected chi connectivity index (χ4v) is 1.60. The third-order valence-corrected chi connectivity index (χ3v) is 2.78. The minimum absolute atomic E-state index is 0.117. The monoisotopic (exact) mass is 297 g/mol. The van der Waals surface area contributed by atoms with E-state index in [-0.39, 0.29) is 17.3 Å². The molecule has 0 aliphatic rings. The van der Waals surface area contributed by atoms with E-state index in [9.17, 15) is 14.7 Å². The summed E-state index contributed by atoms with van der Waals surface area (Å²) in [5, 5.41) is 20.9. The Morgan fingerprint density at radius 2 is 2.10 bits per heavy atom. The standard InChI is InChI=1S/C13H15NO5S/c1-19-13(18)9(7-20)14-12(17)5-3-8-2-4-10(15)11(16)6-8/h2-6,9,15-16,20H,7H2,1H3,(H,14,17)/b5-3+. The predicted molar refractivity (Wildman–Crippen MR) is 76.6 cm³/mol. The Labute approximate surface area is 121 Å². The van der Waals surface area contributed by atoms with E-state index >= 15 is 0 Å². The van der Waals surface area contributed by atoms with E-state index in [1.807, 2.05) is 0 Å². The van der Waals surface area contributed by atoms with Gasteiger partial charge in [0.05, 0.1) is 7.11 Å². The molecule has 1 rings (SSSR count). The van der Waals surface area contributed by atoms with Crippen molar-refractivity contribution in [3.8, 4) is 11.5 Å². The number of methoxy groups -OCH3 is 1. The van der Waals surface area contributed by atoms with E-state index in [1.165, 1.54) is 37.5 Å². The predicted octanol–water partition coefficient (Wildman–Crippen LogP) is 0.699. The van der Waals surface area contributed by atoms with Gasteiger partial charge in [0.15, 0.2) is 11.5 Å². The van der Waals surface area contributed by atoms with Crippen LogP contribution in [-0.4, -0.2) is 41.0 Å². The van der Waals surface area contributed by atoms with Crippen LogP contribution in [0, 0.1) is 0 Å². The van der Waals surface area contributed by atoms with Crippen molar-refractivity contribution in [2.45, 2.75) is 6.04 Å². The van der Waals surface area contributed by atoms with Crippen molar-refractivity contribution in [2.75, 3.05) is 12.9 Å². The summed E-state index contributed by atoms with van der Waals surface area (Å²) in [6.07, 6.45) is 2.63. The highest BCUT2D eigenvalue weighted by molar-refractivity contribution is 7.80. The van der Waals surface area contributed by atoms with Crippen LogP contribution in [0.4, 0.5) is 0 Å². The second-order valence-electron chi connectivity index (χ2n) is 3.85. The number of benzene rings is 1. The molecule has 0 heterocycles. The normalized spacial score (nSPS) is 12.1. The largest absolute Gasteiger partial charge is 0.504 e. The lowest BCUT2D eigenvalue weighted by Crippen LogP contribution is -2.42. The summed E-state index contributed by atoms with van der Waals surface area (Å²) < 4.78 is 4.51. The minimum atomic E-state index is -0.825. The SMILES string of the molecule is COC(=O)C(CS)NC(=O)/C=C/c1ccc(O)c(O)c1. The number of aromatic hydroxyl groups is 2. The molecule has 1 aromatic carbocycles. The number of hydrogen-bond acceptors (Lipinski definition) is 6. The lowest BCUT2D eigenvalue weighted by atomic mass is 10.2. The first-order chi connectivity index (χ1) is 9.47. The highest BCUT2D eigenvalue weighted by atomic mass is 32.1. The molecule has 0 bridgehead atoms. The topological polar surface area (TPSA) is 95.9 Å². The van der Waals surface area contributed by atoms with Crippen molar-refractivity contribution in [3.05, 3.63) is 29.8 Å². The number of nitrogens with one attached hydrogen (secondary N) is 1. The number of hydrogen-bond donors (Lipinski definition) is 4. The number of carbonyl (C=O) groups excluding carboxylic acids is 2. The van der Waals surface area contributed by atoms with Gasteiger partial charge in [-0.2, -0.15) is 12.6 Å². The molecule has 0 aliphatic heterocycles. The Bertz CT molecular complexity index is 529. The van der Waals surface area contributed by atoms with Crippen molar-refractivity contribution in [2.24, 2.45) is 0 Å². The lowest BCUT2D eigenvalue weighted by molar-refractivity contribution is -0.143. The van der Waals surface area contributed by atoms with Gasteiger partial charge in [0.25, 0.3) is 0 Å². The average Bonchev–Trinajstić information content (AvgIpc) is 2.45. The third kappa shape index (κ3) is 4.51. The fraction of sp³-hybridized carbons (Fsp3) is 0.231. The van der Waals surface area contributed by atoms with Crippen LogP contribution in [0.15, 0.2) is 24.3 Å². The first-order valence-electron chi connectivity index (χ1n) is 5.67. The molecule has 0 saturated carbocycles. The molecule has 1 atom stereocenters. The number of ether oxygens (including phenoxy) is 1. The number of phenols is 2. The van der Waals surface area contributed by atoms with E-state index in [0.717, 1.165) is 0 Å². The minimum Gasteiger partial charge on any atom is -0.504 e. The second kappa shape index (κ2) is 7.44. The maximum atomic E-state index is 11.6. The molecule has 0 aromatic heterocycles. The van der Waals surface area contributed by atoms with E-state index < -0.39 is 17.9 Å². The van der Waals surface area contributed by atoms with Crippen LogP contribution in [0.3, 0.4) is 0 Å². The van der Waals surface area contributed by atoms with Gasteiger partial charge >= 0.3 is 5.97 Å². The van der Waals surface area contributed by atoms with Crippen molar-refractivity contribution in [3.63, 3.8) is 0 Å². The Kier molecular flexibility index (Phi) is 5.92. The summed E-state index contributed by atoms with van der Waals surface area (Å²) in [4.78, 5) is 22.9. The van der Waals surface area contributed by atoms with Crippen LogP contribution >= 0.6 is 12.6 Å². The molecule has 7 heteroatoms. The molecule has 0 spiro atoms. The Balaban J connectivity index is 2.67. The third-order valence-electron chi connectivity index (χ3n) is 2.41. The molecule has 0 saturated heterocycles. The fourth-order valence-electron chi connectivity index (χ4n) is 1.36. The molecule has 0 fully saturated rings. The summed E-state index contributed by atoms with van der Waals surface area (Å²) >= 11 is 3.95. The Morgan fingerprint density at radius 1 is 1.40 bits per heavy atom. The summed E-state index contributed by atoms with van der Waals surface area (Å²) in [6, 6.07) is 3.30. The summed E-state index contributed by atoms with van der Waals surface area (Å²) in [6.45, 7) is 0. The van der Waals surface area contributed by atoms with Crippen molar-refractivity contribution in [1.82, 2.24) is 5.32 Å². The molecular formula is C13H15NO5S. The first kappa shape index (κ1) is 15.9. The van der Waals surface area contributed by atoms with Crippen molar-refractivity contribution in [1.29, 1.82) is 0 Å². The zero-order chi connectivity index (χ0) is 15.1. The van der Waals surface area contributed by atoms with E-state index in [2.05, 4.69) is 22.7 Å². The Hall–Kier alpha value is -2.15. The molecule has 1 amide bonds. The number of esters is 1. The molecule has 1 unspecified atom stereocenters. The van der Waals surface area contributed by atoms with Gasteiger partial charge in [-0.1, -0.05) is 6.07 Å². The van der Waals surface area contributed by atoms with Gasteiger partial charge in [0.1, 0.15) is 6.04 Å². The molecule has 0 aliphatic carbocycles. The number of thiol groups is 1. The van der Waals surface area contributed by atoms with Crippen LogP contribution in [-0.2, 0) is 14.3 Å². The molecular weight excluding hydrogens is 282 g/mol. The van der Waals surface area contributed by atoms with Gasteiger partial charge in [-0.25, -0.2) is 4.79 Å².